The summed E-state index contributed by atoms with van der Waals surface area (Å²) < 4.78 is 33.8. The third-order valence-electron chi connectivity index (χ3n) is 4.71. The lowest BCUT2D eigenvalue weighted by Crippen LogP contribution is -2.38. The van der Waals surface area contributed by atoms with Crippen LogP contribution in [0.1, 0.15) is 37.6 Å². The number of morpholine rings is 1. The van der Waals surface area contributed by atoms with Gasteiger partial charge in [-0.15, -0.1) is 11.3 Å². The van der Waals surface area contributed by atoms with Crippen LogP contribution in [0.15, 0.2) is 29.8 Å². The number of hydrogen-bond donors (Lipinski definition) is 0. The van der Waals surface area contributed by atoms with Crippen molar-refractivity contribution in [2.75, 3.05) is 24.6 Å². The Balaban J connectivity index is 1.66. The van der Waals surface area contributed by atoms with E-state index in [2.05, 4.69) is 36.0 Å². The summed E-state index contributed by atoms with van der Waals surface area (Å²) in [7, 11) is 0. The van der Waals surface area contributed by atoms with Gasteiger partial charge in [-0.1, -0.05) is 20.8 Å². The molecule has 0 spiro atoms. The first-order chi connectivity index (χ1) is 12.8. The molecule has 1 aromatic carbocycles. The van der Waals surface area contributed by atoms with E-state index in [-0.39, 0.29) is 17.0 Å². The van der Waals surface area contributed by atoms with E-state index in [1.165, 1.54) is 6.07 Å². The minimum atomic E-state index is -0.647. The van der Waals surface area contributed by atoms with E-state index in [0.29, 0.717) is 25.1 Å². The lowest BCUT2D eigenvalue weighted by molar-refractivity contribution is 0.0396. The summed E-state index contributed by atoms with van der Waals surface area (Å²) in [5, 5.41) is 3.48. The van der Waals surface area contributed by atoms with Crippen LogP contribution in [0.4, 0.5) is 14.5 Å². The predicted octanol–water partition coefficient (Wildman–Crippen LogP) is 4.84. The van der Waals surface area contributed by atoms with Crippen LogP contribution in [0.2, 0.25) is 0 Å². The number of halogens is 2. The molecule has 0 saturated carbocycles. The zero-order chi connectivity index (χ0) is 19.2. The van der Waals surface area contributed by atoms with Gasteiger partial charge in [0.25, 0.3) is 0 Å². The molecule has 142 valence electrons. The van der Waals surface area contributed by atoms with Gasteiger partial charge in [-0.3, -0.25) is 4.98 Å². The topological polar surface area (TPSA) is 38.2 Å². The Morgan fingerprint density at radius 1 is 1.26 bits per heavy atom. The number of hydrogen-bond acceptors (Lipinski definition) is 5. The second-order valence-corrected chi connectivity index (χ2v) is 8.63. The Morgan fingerprint density at radius 3 is 2.81 bits per heavy atom. The highest BCUT2D eigenvalue weighted by Gasteiger charge is 2.28. The Bertz CT molecular complexity index is 983. The molecular weight excluding hydrogens is 368 g/mol. The van der Waals surface area contributed by atoms with Crippen molar-refractivity contribution in [2.45, 2.75) is 32.3 Å². The largest absolute Gasteiger partial charge is 0.367 e. The van der Waals surface area contributed by atoms with Crippen LogP contribution < -0.4 is 4.90 Å². The summed E-state index contributed by atoms with van der Waals surface area (Å²) in [6.07, 6.45) is 1.39. The highest BCUT2D eigenvalue weighted by molar-refractivity contribution is 7.09. The maximum atomic E-state index is 14.1. The summed E-state index contributed by atoms with van der Waals surface area (Å²) in [5.74, 6) is -1.25. The molecule has 7 heteroatoms. The maximum Gasteiger partial charge on any atom is 0.152 e. The molecule has 4 rings (SSSR count). The quantitative estimate of drug-likeness (QED) is 0.628. The molecule has 3 heterocycles. The van der Waals surface area contributed by atoms with Crippen molar-refractivity contribution in [3.63, 3.8) is 0 Å². The molecule has 1 aliphatic rings. The van der Waals surface area contributed by atoms with Gasteiger partial charge in [0.05, 0.1) is 18.8 Å². The van der Waals surface area contributed by atoms with Gasteiger partial charge in [0, 0.05) is 40.7 Å². The van der Waals surface area contributed by atoms with Gasteiger partial charge >= 0.3 is 0 Å². The fourth-order valence-corrected chi connectivity index (χ4v) is 4.32. The number of thiazole rings is 1. The molecule has 0 N–H and O–H groups in total. The van der Waals surface area contributed by atoms with Crippen LogP contribution in [-0.2, 0) is 10.2 Å². The van der Waals surface area contributed by atoms with E-state index < -0.39 is 11.6 Å². The zero-order valence-corrected chi connectivity index (χ0v) is 16.3. The van der Waals surface area contributed by atoms with Crippen LogP contribution in [0.3, 0.4) is 0 Å². The number of rotatable bonds is 2. The Labute approximate surface area is 160 Å². The monoisotopic (exact) mass is 389 g/mol. The van der Waals surface area contributed by atoms with Crippen LogP contribution >= 0.6 is 11.3 Å². The molecule has 1 aliphatic heterocycles. The van der Waals surface area contributed by atoms with Gasteiger partial charge in [-0.2, -0.15) is 0 Å². The van der Waals surface area contributed by atoms with Crippen molar-refractivity contribution in [3.8, 4) is 0 Å². The molecule has 2 aromatic heterocycles. The van der Waals surface area contributed by atoms with Crippen LogP contribution in [0.25, 0.3) is 10.9 Å². The van der Waals surface area contributed by atoms with Gasteiger partial charge in [-0.05, 0) is 12.1 Å². The van der Waals surface area contributed by atoms with Crippen molar-refractivity contribution in [2.24, 2.45) is 0 Å². The maximum absolute atomic E-state index is 14.1. The Hall–Kier alpha value is -2.12. The van der Waals surface area contributed by atoms with Gasteiger partial charge in [0.15, 0.2) is 5.82 Å². The molecule has 27 heavy (non-hydrogen) atoms. The van der Waals surface area contributed by atoms with Crippen molar-refractivity contribution in [1.29, 1.82) is 0 Å². The number of anilines is 1. The average molecular weight is 389 g/mol. The molecular formula is C20H21F2N3OS. The predicted molar refractivity (Wildman–Crippen MR) is 103 cm³/mol. The third kappa shape index (κ3) is 3.53. The lowest BCUT2D eigenvalue weighted by Gasteiger charge is -2.34. The van der Waals surface area contributed by atoms with E-state index in [0.717, 1.165) is 22.5 Å². The molecule has 0 amide bonds. The molecule has 0 radical (unpaired) electrons. The average Bonchev–Trinajstić information content (AvgIpc) is 3.12. The van der Waals surface area contributed by atoms with Crippen molar-refractivity contribution in [3.05, 3.63) is 52.1 Å². The molecule has 3 aromatic rings. The Morgan fingerprint density at radius 2 is 2.07 bits per heavy atom. The normalized spacial score (nSPS) is 18.3. The van der Waals surface area contributed by atoms with Crippen molar-refractivity contribution in [1.82, 2.24) is 9.97 Å². The van der Waals surface area contributed by atoms with E-state index in [9.17, 15) is 8.78 Å². The minimum absolute atomic E-state index is 0.0144. The third-order valence-corrected chi connectivity index (χ3v) is 5.65. The van der Waals surface area contributed by atoms with Gasteiger partial charge in [0.2, 0.25) is 0 Å². The Kier molecular flexibility index (Phi) is 4.60. The lowest BCUT2D eigenvalue weighted by atomic mass is 9.93. The highest BCUT2D eigenvalue weighted by Crippen LogP contribution is 2.34. The summed E-state index contributed by atoms with van der Waals surface area (Å²) in [6, 6.07) is 4.00. The van der Waals surface area contributed by atoms with E-state index in [1.807, 2.05) is 0 Å². The number of pyridine rings is 1. The number of ether oxygens (including phenoxy) is 1. The fraction of sp³-hybridized carbons (Fsp3) is 0.400. The molecule has 1 fully saturated rings. The molecule has 4 nitrogen and oxygen atoms in total. The van der Waals surface area contributed by atoms with Gasteiger partial charge < -0.3 is 9.64 Å². The second kappa shape index (κ2) is 6.80. The first-order valence-corrected chi connectivity index (χ1v) is 9.77. The summed E-state index contributed by atoms with van der Waals surface area (Å²) in [4.78, 5) is 10.9. The zero-order valence-electron chi connectivity index (χ0n) is 15.5. The van der Waals surface area contributed by atoms with Crippen molar-refractivity contribution < 1.29 is 13.5 Å². The van der Waals surface area contributed by atoms with E-state index in [4.69, 9.17) is 9.72 Å². The minimum Gasteiger partial charge on any atom is -0.367 e. The fourth-order valence-electron chi connectivity index (χ4n) is 3.24. The molecule has 0 aliphatic carbocycles. The first-order valence-electron chi connectivity index (χ1n) is 8.89. The molecule has 1 saturated heterocycles. The summed E-state index contributed by atoms with van der Waals surface area (Å²) in [5.41, 5.74) is 1.97. The van der Waals surface area contributed by atoms with Gasteiger partial charge in [-0.25, -0.2) is 13.8 Å². The summed E-state index contributed by atoms with van der Waals surface area (Å²) in [6.45, 7) is 8.14. The van der Waals surface area contributed by atoms with E-state index >= 15 is 0 Å². The number of aromatic nitrogens is 2. The molecule has 0 bridgehead atoms. The summed E-state index contributed by atoms with van der Waals surface area (Å²) >= 11 is 1.59. The van der Waals surface area contributed by atoms with Crippen LogP contribution in [-0.4, -0.2) is 29.7 Å². The van der Waals surface area contributed by atoms with Crippen LogP contribution in [0, 0.1) is 11.6 Å². The number of fused-ring (bicyclic) bond motifs is 1. The SMILES string of the molecule is CC(C)(C)c1csc(C2CN(c3ccnc4c(F)cc(F)cc34)CCO2)n1. The van der Waals surface area contributed by atoms with Crippen molar-refractivity contribution >= 4 is 27.9 Å². The number of benzene rings is 1. The molecule has 1 atom stereocenters. The second-order valence-electron chi connectivity index (χ2n) is 7.74. The standard InChI is InChI=1S/C20H21F2N3OS/c1-20(2,3)17-11-27-19(24-17)16-10-25(6-7-26-16)15-4-5-23-18-13(15)8-12(21)9-14(18)22/h4-5,8-9,11,16H,6-7,10H2,1-3H3. The smallest absolute Gasteiger partial charge is 0.152 e. The van der Waals surface area contributed by atoms with Gasteiger partial charge in [0.1, 0.15) is 22.4 Å². The highest BCUT2D eigenvalue weighted by atomic mass is 32.1. The molecule has 1 unspecified atom stereocenters. The van der Waals surface area contributed by atoms with Crippen LogP contribution in [0.5, 0.6) is 0 Å². The van der Waals surface area contributed by atoms with E-state index in [1.54, 1.807) is 23.6 Å². The first kappa shape index (κ1) is 18.3. The number of nitrogens with zero attached hydrogens (tertiary/aromatic N) is 3.